The van der Waals surface area contributed by atoms with E-state index in [-0.39, 0.29) is 4.90 Å². The smallest absolute Gasteiger partial charge is 0.261 e. The molecule has 4 rings (SSSR count). The molecule has 2 aromatic heterocycles. The Balaban J connectivity index is 1.43. The van der Waals surface area contributed by atoms with Gasteiger partial charge in [-0.15, -0.1) is 10.2 Å². The lowest BCUT2D eigenvalue weighted by Crippen LogP contribution is -2.12. The molecule has 4 aromatic rings. The van der Waals surface area contributed by atoms with Crippen molar-refractivity contribution in [3.63, 3.8) is 0 Å². The van der Waals surface area contributed by atoms with Crippen molar-refractivity contribution in [2.75, 3.05) is 4.72 Å². The summed E-state index contributed by atoms with van der Waals surface area (Å²) in [7, 11) is -3.74. The maximum atomic E-state index is 12.5. The van der Waals surface area contributed by atoms with Gasteiger partial charge in [0.15, 0.2) is 5.82 Å². The Morgan fingerprint density at radius 3 is 2.43 bits per heavy atom. The SMILES string of the molecule is Cc1ccn(-c2ccc(Oc3ccc(NS(=O)(=O)c4cccc(Cl)c4)cc3)nn2)n1. The Morgan fingerprint density at radius 1 is 1.00 bits per heavy atom. The van der Waals surface area contributed by atoms with Gasteiger partial charge < -0.3 is 4.74 Å². The summed E-state index contributed by atoms with van der Waals surface area (Å²) in [5.41, 5.74) is 1.26. The van der Waals surface area contributed by atoms with Crippen LogP contribution in [0.3, 0.4) is 0 Å². The minimum atomic E-state index is -3.74. The van der Waals surface area contributed by atoms with Gasteiger partial charge in [-0.2, -0.15) is 5.10 Å². The fourth-order valence-electron chi connectivity index (χ4n) is 2.59. The first-order chi connectivity index (χ1) is 14.4. The number of benzene rings is 2. The molecule has 0 amide bonds. The zero-order valence-corrected chi connectivity index (χ0v) is 17.3. The Morgan fingerprint density at radius 2 is 1.80 bits per heavy atom. The number of nitrogens with one attached hydrogen (secondary N) is 1. The highest BCUT2D eigenvalue weighted by Crippen LogP contribution is 2.24. The van der Waals surface area contributed by atoms with Gasteiger partial charge in [0.05, 0.1) is 10.6 Å². The van der Waals surface area contributed by atoms with E-state index >= 15 is 0 Å². The number of anilines is 1. The van der Waals surface area contributed by atoms with Crippen molar-refractivity contribution in [3.8, 4) is 17.4 Å². The first-order valence-corrected chi connectivity index (χ1v) is 10.7. The maximum Gasteiger partial charge on any atom is 0.261 e. The number of hydrogen-bond donors (Lipinski definition) is 1. The van der Waals surface area contributed by atoms with Gasteiger partial charge in [0.1, 0.15) is 5.75 Å². The standard InChI is InChI=1S/C20H16ClN5O3S/c1-14-11-12-26(24-14)19-9-10-20(23-22-19)29-17-7-5-16(6-8-17)25-30(27,28)18-4-2-3-15(21)13-18/h2-13,25H,1H3. The summed E-state index contributed by atoms with van der Waals surface area (Å²) in [6.45, 7) is 1.89. The molecule has 2 aromatic carbocycles. The molecule has 0 fully saturated rings. The van der Waals surface area contributed by atoms with E-state index in [9.17, 15) is 8.42 Å². The van der Waals surface area contributed by atoms with Gasteiger partial charge >= 0.3 is 0 Å². The largest absolute Gasteiger partial charge is 0.438 e. The van der Waals surface area contributed by atoms with Crippen LogP contribution in [0.25, 0.3) is 5.82 Å². The molecule has 0 saturated heterocycles. The highest BCUT2D eigenvalue weighted by molar-refractivity contribution is 7.92. The van der Waals surface area contributed by atoms with E-state index in [1.54, 1.807) is 59.4 Å². The van der Waals surface area contributed by atoms with Gasteiger partial charge in [0.2, 0.25) is 5.88 Å². The van der Waals surface area contributed by atoms with E-state index < -0.39 is 10.0 Å². The highest BCUT2D eigenvalue weighted by Gasteiger charge is 2.14. The van der Waals surface area contributed by atoms with E-state index in [1.165, 1.54) is 12.1 Å². The van der Waals surface area contributed by atoms with E-state index in [1.807, 2.05) is 13.0 Å². The zero-order chi connectivity index (χ0) is 21.1. The summed E-state index contributed by atoms with van der Waals surface area (Å²) in [6, 6.07) is 17.8. The number of sulfonamides is 1. The van der Waals surface area contributed by atoms with Crippen molar-refractivity contribution in [1.82, 2.24) is 20.0 Å². The van der Waals surface area contributed by atoms with Crippen LogP contribution in [0.5, 0.6) is 11.6 Å². The number of nitrogens with zero attached hydrogens (tertiary/aromatic N) is 4. The van der Waals surface area contributed by atoms with Gasteiger partial charge in [0, 0.05) is 23.0 Å². The van der Waals surface area contributed by atoms with Gasteiger partial charge in [-0.05, 0) is 61.5 Å². The lowest BCUT2D eigenvalue weighted by Gasteiger charge is -2.09. The predicted octanol–water partition coefficient (Wildman–Crippen LogP) is 4.22. The van der Waals surface area contributed by atoms with Crippen molar-refractivity contribution < 1.29 is 13.2 Å². The van der Waals surface area contributed by atoms with Crippen LogP contribution in [-0.4, -0.2) is 28.4 Å². The summed E-state index contributed by atoms with van der Waals surface area (Å²) in [5.74, 6) is 1.36. The van der Waals surface area contributed by atoms with Crippen molar-refractivity contribution in [2.45, 2.75) is 11.8 Å². The summed E-state index contributed by atoms with van der Waals surface area (Å²) in [5, 5.41) is 12.7. The van der Waals surface area contributed by atoms with Crippen LogP contribution < -0.4 is 9.46 Å². The number of aryl methyl sites for hydroxylation is 1. The molecule has 1 N–H and O–H groups in total. The third-order valence-corrected chi connectivity index (χ3v) is 5.63. The van der Waals surface area contributed by atoms with Crippen LogP contribution in [0.15, 0.2) is 77.8 Å². The van der Waals surface area contributed by atoms with E-state index in [0.29, 0.717) is 28.2 Å². The Labute approximate surface area is 178 Å². The Hall–Kier alpha value is -3.43. The van der Waals surface area contributed by atoms with Gasteiger partial charge in [-0.1, -0.05) is 17.7 Å². The van der Waals surface area contributed by atoms with Crippen LogP contribution in [0.2, 0.25) is 5.02 Å². The Bertz CT molecular complexity index is 1270. The number of halogens is 1. The normalized spacial score (nSPS) is 11.3. The molecule has 2 heterocycles. The van der Waals surface area contributed by atoms with E-state index in [2.05, 4.69) is 20.0 Å². The third-order valence-electron chi connectivity index (χ3n) is 4.02. The van der Waals surface area contributed by atoms with Crippen molar-refractivity contribution in [3.05, 3.63) is 83.6 Å². The molecule has 152 valence electrons. The molecule has 0 radical (unpaired) electrons. The number of aromatic nitrogens is 4. The minimum absolute atomic E-state index is 0.0815. The molecule has 0 aliphatic rings. The topological polar surface area (TPSA) is 99.0 Å². The summed E-state index contributed by atoms with van der Waals surface area (Å²) >= 11 is 5.87. The average Bonchev–Trinajstić information content (AvgIpc) is 3.16. The second kappa shape index (κ2) is 8.13. The quantitative estimate of drug-likeness (QED) is 0.481. The maximum absolute atomic E-state index is 12.5. The molecular formula is C20H16ClN5O3S. The summed E-state index contributed by atoms with van der Waals surface area (Å²) in [4.78, 5) is 0.0815. The molecule has 0 atom stereocenters. The fraction of sp³-hybridized carbons (Fsp3) is 0.0500. The molecule has 8 nitrogen and oxygen atoms in total. The molecule has 10 heteroatoms. The fourth-order valence-corrected chi connectivity index (χ4v) is 3.95. The first kappa shape index (κ1) is 19.9. The summed E-state index contributed by atoms with van der Waals surface area (Å²) < 4.78 is 34.7. The first-order valence-electron chi connectivity index (χ1n) is 8.82. The van der Waals surface area contributed by atoms with Crippen molar-refractivity contribution >= 4 is 27.3 Å². The predicted molar refractivity (Wildman–Crippen MR) is 113 cm³/mol. The third kappa shape index (κ3) is 4.58. The lowest BCUT2D eigenvalue weighted by molar-refractivity contribution is 0.454. The number of ether oxygens (including phenoxy) is 1. The Kier molecular flexibility index (Phi) is 5.39. The number of rotatable bonds is 6. The second-order valence-corrected chi connectivity index (χ2v) is 8.44. The van der Waals surface area contributed by atoms with Crippen molar-refractivity contribution in [2.24, 2.45) is 0 Å². The van der Waals surface area contributed by atoms with Gasteiger partial charge in [-0.25, -0.2) is 13.1 Å². The molecule has 0 saturated carbocycles. The molecular weight excluding hydrogens is 426 g/mol. The lowest BCUT2D eigenvalue weighted by atomic mass is 10.3. The molecule has 0 spiro atoms. The zero-order valence-electron chi connectivity index (χ0n) is 15.7. The van der Waals surface area contributed by atoms with Gasteiger partial charge in [-0.3, -0.25) is 4.72 Å². The second-order valence-electron chi connectivity index (χ2n) is 6.32. The number of hydrogen-bond acceptors (Lipinski definition) is 6. The van der Waals surface area contributed by atoms with Crippen LogP contribution in [0, 0.1) is 6.92 Å². The molecule has 0 aliphatic heterocycles. The van der Waals surface area contributed by atoms with E-state index in [4.69, 9.17) is 16.3 Å². The van der Waals surface area contributed by atoms with E-state index in [0.717, 1.165) is 5.69 Å². The molecule has 0 aliphatic carbocycles. The minimum Gasteiger partial charge on any atom is -0.438 e. The van der Waals surface area contributed by atoms with Crippen LogP contribution in [-0.2, 0) is 10.0 Å². The van der Waals surface area contributed by atoms with Crippen LogP contribution in [0.4, 0.5) is 5.69 Å². The van der Waals surface area contributed by atoms with Crippen LogP contribution >= 0.6 is 11.6 Å². The van der Waals surface area contributed by atoms with Crippen molar-refractivity contribution in [1.29, 1.82) is 0 Å². The highest BCUT2D eigenvalue weighted by atomic mass is 35.5. The van der Waals surface area contributed by atoms with Crippen LogP contribution in [0.1, 0.15) is 5.69 Å². The molecule has 0 unspecified atom stereocenters. The molecule has 0 bridgehead atoms. The average molecular weight is 442 g/mol. The summed E-state index contributed by atoms with van der Waals surface area (Å²) in [6.07, 6.45) is 1.79. The monoisotopic (exact) mass is 441 g/mol. The molecule has 30 heavy (non-hydrogen) atoms. The van der Waals surface area contributed by atoms with Gasteiger partial charge in [0.25, 0.3) is 10.0 Å².